The van der Waals surface area contributed by atoms with Crippen LogP contribution >= 0.6 is 0 Å². The van der Waals surface area contributed by atoms with Crippen molar-refractivity contribution in [3.8, 4) is 5.75 Å². The lowest BCUT2D eigenvalue weighted by atomic mass is 10.1. The second kappa shape index (κ2) is 8.12. The lowest BCUT2D eigenvalue weighted by Crippen LogP contribution is -2.17. The largest absolute Gasteiger partial charge is 0.573 e. The van der Waals surface area contributed by atoms with Crippen molar-refractivity contribution in [1.29, 1.82) is 0 Å². The van der Waals surface area contributed by atoms with Gasteiger partial charge in [0, 0.05) is 31.0 Å². The average Bonchev–Trinajstić information content (AvgIpc) is 2.55. The zero-order valence-corrected chi connectivity index (χ0v) is 15.2. The van der Waals surface area contributed by atoms with E-state index in [-0.39, 0.29) is 5.75 Å². The van der Waals surface area contributed by atoms with Crippen LogP contribution in [0.3, 0.4) is 0 Å². The molecule has 0 amide bonds. The van der Waals surface area contributed by atoms with Crippen molar-refractivity contribution >= 4 is 23.4 Å². The Kier molecular flexibility index (Phi) is 6.13. The van der Waals surface area contributed by atoms with Crippen molar-refractivity contribution in [3.05, 3.63) is 47.5 Å². The number of hydrogen-bond acceptors (Lipinski definition) is 3. The number of alkyl halides is 3. The molecular formula is C19H22F3N3O. The Morgan fingerprint density at radius 2 is 1.88 bits per heavy atom. The fourth-order valence-electron chi connectivity index (χ4n) is 2.24. The number of anilines is 2. The van der Waals surface area contributed by atoms with Gasteiger partial charge in [-0.15, -0.1) is 13.2 Å². The summed E-state index contributed by atoms with van der Waals surface area (Å²) in [6.07, 6.45) is -2.94. The first-order chi connectivity index (χ1) is 12.2. The Morgan fingerprint density at radius 3 is 2.54 bits per heavy atom. The second-order valence-corrected chi connectivity index (χ2v) is 5.97. The topological polar surface area (TPSA) is 36.9 Å². The molecule has 0 fully saturated rings. The number of ether oxygens (including phenoxy) is 1. The Labute approximate surface area is 151 Å². The summed E-state index contributed by atoms with van der Waals surface area (Å²) in [7, 11) is 1.94. The van der Waals surface area contributed by atoms with Gasteiger partial charge < -0.3 is 15.0 Å². The van der Waals surface area contributed by atoms with E-state index in [0.717, 1.165) is 29.0 Å². The first kappa shape index (κ1) is 19.6. The molecule has 0 heterocycles. The number of nitrogens with zero attached hydrogens (tertiary/aromatic N) is 2. The van der Waals surface area contributed by atoms with Gasteiger partial charge in [-0.3, -0.25) is 0 Å². The van der Waals surface area contributed by atoms with E-state index >= 15 is 0 Å². The van der Waals surface area contributed by atoms with Crippen molar-refractivity contribution in [3.63, 3.8) is 0 Å². The Bertz CT molecular complexity index is 788. The van der Waals surface area contributed by atoms with Crippen LogP contribution < -0.4 is 10.1 Å². The van der Waals surface area contributed by atoms with Gasteiger partial charge in [0.2, 0.25) is 0 Å². The third kappa shape index (κ3) is 5.68. The zero-order chi connectivity index (χ0) is 19.3. The highest BCUT2D eigenvalue weighted by Crippen LogP contribution is 2.31. The molecule has 0 saturated carbocycles. The predicted octanol–water partition coefficient (Wildman–Crippen LogP) is 5.56. The van der Waals surface area contributed by atoms with Crippen LogP contribution in [0.4, 0.5) is 30.2 Å². The third-order valence-electron chi connectivity index (χ3n) is 3.78. The Hall–Kier alpha value is -2.70. The lowest BCUT2D eigenvalue weighted by molar-refractivity contribution is -0.274. The maximum Gasteiger partial charge on any atom is 0.573 e. The number of hydrogen-bond donors (Lipinski definition) is 1. The van der Waals surface area contributed by atoms with Crippen molar-refractivity contribution in [2.24, 2.45) is 4.99 Å². The maximum absolute atomic E-state index is 12.4. The van der Waals surface area contributed by atoms with Crippen LogP contribution in [0.5, 0.6) is 5.75 Å². The molecule has 2 aromatic rings. The summed E-state index contributed by atoms with van der Waals surface area (Å²) in [6, 6.07) is 9.62. The first-order valence-electron chi connectivity index (χ1n) is 8.16. The minimum absolute atomic E-state index is 0.263. The van der Waals surface area contributed by atoms with Gasteiger partial charge >= 0.3 is 6.36 Å². The number of benzene rings is 2. The van der Waals surface area contributed by atoms with Crippen molar-refractivity contribution in [2.45, 2.75) is 27.1 Å². The quantitative estimate of drug-likeness (QED) is 0.538. The van der Waals surface area contributed by atoms with Gasteiger partial charge in [0.1, 0.15) is 5.75 Å². The molecular weight excluding hydrogens is 343 g/mol. The Morgan fingerprint density at radius 1 is 1.15 bits per heavy atom. The molecule has 2 rings (SSSR count). The van der Waals surface area contributed by atoms with Crippen molar-refractivity contribution in [1.82, 2.24) is 4.90 Å². The average molecular weight is 365 g/mol. The van der Waals surface area contributed by atoms with Crippen LogP contribution in [0.25, 0.3) is 0 Å². The second-order valence-electron chi connectivity index (χ2n) is 5.97. The normalized spacial score (nSPS) is 11.7. The summed E-state index contributed by atoms with van der Waals surface area (Å²) in [4.78, 5) is 6.43. The molecule has 2 aromatic carbocycles. The van der Waals surface area contributed by atoms with Gasteiger partial charge in [0.25, 0.3) is 0 Å². The molecule has 1 N–H and O–H groups in total. The fourth-order valence-corrected chi connectivity index (χ4v) is 2.24. The Balaban J connectivity index is 2.21. The van der Waals surface area contributed by atoms with E-state index in [2.05, 4.69) is 15.0 Å². The van der Waals surface area contributed by atoms with Gasteiger partial charge in [-0.1, -0.05) is 6.07 Å². The summed E-state index contributed by atoms with van der Waals surface area (Å²) in [5.41, 5.74) is 4.05. The van der Waals surface area contributed by atoms with Crippen LogP contribution in [0, 0.1) is 13.8 Å². The molecule has 0 aliphatic carbocycles. The van der Waals surface area contributed by atoms with E-state index in [1.54, 1.807) is 12.4 Å². The maximum atomic E-state index is 12.4. The summed E-state index contributed by atoms with van der Waals surface area (Å²) < 4.78 is 41.0. The highest BCUT2D eigenvalue weighted by Gasteiger charge is 2.31. The fraction of sp³-hybridized carbons (Fsp3) is 0.316. The summed E-state index contributed by atoms with van der Waals surface area (Å²) in [5, 5.41) is 3.13. The van der Waals surface area contributed by atoms with Gasteiger partial charge in [0.05, 0.1) is 12.0 Å². The minimum Gasteiger partial charge on any atom is -0.406 e. The molecule has 140 valence electrons. The molecule has 0 radical (unpaired) electrons. The highest BCUT2D eigenvalue weighted by atomic mass is 19.4. The van der Waals surface area contributed by atoms with Crippen LogP contribution in [0.1, 0.15) is 18.1 Å². The molecule has 0 aliphatic rings. The van der Waals surface area contributed by atoms with E-state index in [1.165, 1.54) is 18.2 Å². The minimum atomic E-state index is -4.71. The van der Waals surface area contributed by atoms with Crippen LogP contribution in [0.15, 0.2) is 41.4 Å². The van der Waals surface area contributed by atoms with Gasteiger partial charge in [-0.05, 0) is 56.2 Å². The molecule has 0 bridgehead atoms. The highest BCUT2D eigenvalue weighted by molar-refractivity contribution is 5.71. The molecule has 0 atom stereocenters. The summed E-state index contributed by atoms with van der Waals surface area (Å²) >= 11 is 0. The van der Waals surface area contributed by atoms with E-state index < -0.39 is 6.36 Å². The van der Waals surface area contributed by atoms with E-state index in [1.807, 2.05) is 44.9 Å². The smallest absolute Gasteiger partial charge is 0.406 e. The number of nitrogens with one attached hydrogen (secondary N) is 1. The molecule has 0 saturated heterocycles. The predicted molar refractivity (Wildman–Crippen MR) is 98.8 cm³/mol. The van der Waals surface area contributed by atoms with Crippen LogP contribution in [-0.2, 0) is 0 Å². The number of rotatable bonds is 6. The van der Waals surface area contributed by atoms with Crippen molar-refractivity contribution in [2.75, 3.05) is 18.9 Å². The SMILES string of the molecule is CCN(C)C=Nc1cc(C)c(Nc2cccc(OC(F)(F)F)c2)cc1C. The molecule has 0 unspecified atom stereocenters. The molecule has 0 spiro atoms. The third-order valence-corrected chi connectivity index (χ3v) is 3.78. The van der Waals surface area contributed by atoms with Gasteiger partial charge in [-0.25, -0.2) is 4.99 Å². The number of aryl methyl sites for hydroxylation is 2. The molecule has 0 aromatic heterocycles. The van der Waals surface area contributed by atoms with E-state index in [9.17, 15) is 13.2 Å². The monoisotopic (exact) mass is 365 g/mol. The van der Waals surface area contributed by atoms with Gasteiger partial charge in [-0.2, -0.15) is 0 Å². The first-order valence-corrected chi connectivity index (χ1v) is 8.16. The van der Waals surface area contributed by atoms with Crippen LogP contribution in [0.2, 0.25) is 0 Å². The lowest BCUT2D eigenvalue weighted by Gasteiger charge is -2.14. The molecule has 0 aliphatic heterocycles. The zero-order valence-electron chi connectivity index (χ0n) is 15.2. The summed E-state index contributed by atoms with van der Waals surface area (Å²) in [6.45, 7) is 6.75. The van der Waals surface area contributed by atoms with Gasteiger partial charge in [0.15, 0.2) is 0 Å². The molecule has 4 nitrogen and oxygen atoms in total. The van der Waals surface area contributed by atoms with Crippen molar-refractivity contribution < 1.29 is 17.9 Å². The van der Waals surface area contributed by atoms with E-state index in [0.29, 0.717) is 5.69 Å². The molecule has 26 heavy (non-hydrogen) atoms. The van der Waals surface area contributed by atoms with E-state index in [4.69, 9.17) is 0 Å². The standard InChI is InChI=1S/C19H22F3N3O/c1-5-25(4)12-23-17-9-14(3)18(10-13(17)2)24-15-7-6-8-16(11-15)26-19(20,21)22/h6-12,24H,5H2,1-4H3. The van der Waals surface area contributed by atoms with Crippen LogP contribution in [-0.4, -0.2) is 31.2 Å². The molecule has 7 heteroatoms. The number of halogens is 3. The summed E-state index contributed by atoms with van der Waals surface area (Å²) in [5.74, 6) is -0.263. The number of aliphatic imine (C=N–C) groups is 1.